The number of nitro groups is 1. The summed E-state index contributed by atoms with van der Waals surface area (Å²) in [5.74, 6) is 2.58. The minimum absolute atomic E-state index is 0.0364. The Bertz CT molecular complexity index is 553. The monoisotopic (exact) mass is 245 g/mol. The maximum Gasteiger partial charge on any atom is 0.223 e. The molecule has 0 radical (unpaired) electrons. The molecule has 2 rings (SSSR count). The second-order valence-electron chi connectivity index (χ2n) is 2.41. The molecule has 17 heavy (non-hydrogen) atoms. The molecule has 0 spiro atoms. The van der Waals surface area contributed by atoms with E-state index < -0.39 is 5.03 Å². The molecule has 12 nitrogen and oxygen atoms in total. The Morgan fingerprint density at radius 3 is 2.76 bits per heavy atom. The van der Waals surface area contributed by atoms with Crippen molar-refractivity contribution in [2.45, 2.75) is 6.92 Å². The highest BCUT2D eigenvalue weighted by atomic mass is 16.7. The van der Waals surface area contributed by atoms with E-state index in [0.717, 1.165) is 0 Å². The minimum atomic E-state index is -0.921. The molecule has 0 saturated heterocycles. The van der Waals surface area contributed by atoms with E-state index in [1.165, 1.54) is 0 Å². The lowest BCUT2D eigenvalue weighted by Gasteiger charge is -1.86. The predicted octanol–water partition coefficient (Wildman–Crippen LogP) is -2.30. The molecule has 0 saturated carbocycles. The van der Waals surface area contributed by atoms with E-state index in [4.69, 9.17) is 5.21 Å². The first kappa shape index (κ1) is 12.5. The molecule has 0 aromatic carbocycles. The lowest BCUT2D eigenvalue weighted by atomic mass is 10.4. The van der Waals surface area contributed by atoms with Crippen molar-refractivity contribution in [1.82, 2.24) is 20.5 Å². The van der Waals surface area contributed by atoms with Crippen LogP contribution in [0.5, 0.6) is 0 Å². The van der Waals surface area contributed by atoms with Crippen molar-refractivity contribution in [2.75, 3.05) is 0 Å². The molecule has 0 amide bonds. The van der Waals surface area contributed by atoms with Gasteiger partial charge in [0.15, 0.2) is 0 Å². The van der Waals surface area contributed by atoms with Crippen molar-refractivity contribution >= 4 is 0 Å². The SMILES string of the molecule is Cc1nc(-c2no[n-]/c2=N\[N+](=O)[O-])no1.[NH3+]O. The van der Waals surface area contributed by atoms with Crippen LogP contribution in [0.4, 0.5) is 0 Å². The third-order valence-corrected chi connectivity index (χ3v) is 1.39. The summed E-state index contributed by atoms with van der Waals surface area (Å²) >= 11 is 0. The van der Waals surface area contributed by atoms with Crippen molar-refractivity contribution in [3.05, 3.63) is 21.5 Å². The van der Waals surface area contributed by atoms with Crippen LogP contribution in [-0.4, -0.2) is 25.5 Å². The minimum Gasteiger partial charge on any atom is -0.381 e. The van der Waals surface area contributed by atoms with Gasteiger partial charge in [0.05, 0.1) is 5.69 Å². The number of quaternary nitrogens is 1. The summed E-state index contributed by atoms with van der Waals surface area (Å²) in [6.07, 6.45) is 0. The molecule has 4 N–H and O–H groups in total. The number of aryl methyl sites for hydroxylation is 1. The first-order valence-corrected chi connectivity index (χ1v) is 3.97. The van der Waals surface area contributed by atoms with Crippen LogP contribution in [0.3, 0.4) is 0 Å². The summed E-state index contributed by atoms with van der Waals surface area (Å²) in [4.78, 5) is 13.9. The van der Waals surface area contributed by atoms with Gasteiger partial charge in [0.1, 0.15) is 10.5 Å². The van der Waals surface area contributed by atoms with Crippen molar-refractivity contribution in [3.63, 3.8) is 0 Å². The summed E-state index contributed by atoms with van der Waals surface area (Å²) < 4.78 is 8.96. The molecule has 0 aliphatic heterocycles. The molecular weight excluding hydrogens is 238 g/mol. The Morgan fingerprint density at radius 2 is 2.24 bits per heavy atom. The quantitative estimate of drug-likeness (QED) is 0.433. The van der Waals surface area contributed by atoms with E-state index >= 15 is 0 Å². The normalized spacial score (nSPS) is 10.9. The maximum atomic E-state index is 10.1. The van der Waals surface area contributed by atoms with Gasteiger partial charge in [0.25, 0.3) is 0 Å². The van der Waals surface area contributed by atoms with Crippen LogP contribution in [0.1, 0.15) is 5.89 Å². The van der Waals surface area contributed by atoms with Gasteiger partial charge in [-0.2, -0.15) is 15.3 Å². The van der Waals surface area contributed by atoms with Gasteiger partial charge in [-0.05, 0) is 0 Å². The lowest BCUT2D eigenvalue weighted by molar-refractivity contribution is -0.670. The number of hydrogen-bond donors (Lipinski definition) is 2. The van der Waals surface area contributed by atoms with Crippen LogP contribution < -0.4 is 16.5 Å². The first-order valence-electron chi connectivity index (χ1n) is 3.97. The first-order chi connectivity index (χ1) is 8.16. The Morgan fingerprint density at radius 1 is 1.53 bits per heavy atom. The molecule has 0 bridgehead atoms. The molecule has 2 aromatic heterocycles. The summed E-state index contributed by atoms with van der Waals surface area (Å²) in [6, 6.07) is 0. The van der Waals surface area contributed by atoms with Gasteiger partial charge in [0, 0.05) is 6.92 Å². The van der Waals surface area contributed by atoms with Crippen LogP contribution in [-0.2, 0) is 0 Å². The van der Waals surface area contributed by atoms with Crippen LogP contribution in [0.15, 0.2) is 14.3 Å². The standard InChI is InChI=1S/C5H3N6O4.H4NO/c1-2-6-4(9-14-2)3-5(7-11(12)13)10-15-8-3;1-2/h1H3;2H,1H3/q-1;+1. The van der Waals surface area contributed by atoms with Crippen LogP contribution >= 0.6 is 0 Å². The molecule has 0 aliphatic carbocycles. The van der Waals surface area contributed by atoms with Crippen LogP contribution in [0, 0.1) is 17.0 Å². The number of hydrogen-bond acceptors (Lipinski definition) is 8. The highest BCUT2D eigenvalue weighted by Crippen LogP contribution is 2.06. The van der Waals surface area contributed by atoms with E-state index in [1.807, 2.05) is 0 Å². The average molecular weight is 245 g/mol. The Balaban J connectivity index is 0.000000686. The number of rotatable bonds is 2. The van der Waals surface area contributed by atoms with E-state index in [-0.39, 0.29) is 17.0 Å². The largest absolute Gasteiger partial charge is 0.381 e. The van der Waals surface area contributed by atoms with Crippen LogP contribution in [0.2, 0.25) is 0 Å². The van der Waals surface area contributed by atoms with Crippen LogP contribution in [0.25, 0.3) is 11.5 Å². The molecule has 0 unspecified atom stereocenters. The van der Waals surface area contributed by atoms with Gasteiger partial charge >= 0.3 is 0 Å². The zero-order valence-electron chi connectivity index (χ0n) is 8.47. The van der Waals surface area contributed by atoms with Crippen molar-refractivity contribution < 1.29 is 25.3 Å². The zero-order chi connectivity index (χ0) is 12.8. The summed E-state index contributed by atoms with van der Waals surface area (Å²) in [6.45, 7) is 1.56. The van der Waals surface area contributed by atoms with E-state index in [0.29, 0.717) is 5.89 Å². The smallest absolute Gasteiger partial charge is 0.223 e. The molecule has 2 aromatic rings. The Kier molecular flexibility index (Phi) is 4.02. The predicted molar refractivity (Wildman–Crippen MR) is 45.1 cm³/mol. The number of nitrogens with zero attached hydrogens (tertiary/aromatic N) is 6. The molecule has 92 valence electrons. The maximum absolute atomic E-state index is 10.1. The molecular formula is C5H7N7O5. The van der Waals surface area contributed by atoms with Crippen molar-refractivity contribution in [2.24, 2.45) is 5.10 Å². The van der Waals surface area contributed by atoms with Gasteiger partial charge in [0.2, 0.25) is 11.7 Å². The second-order valence-corrected chi connectivity index (χ2v) is 2.41. The van der Waals surface area contributed by atoms with Crippen molar-refractivity contribution in [1.29, 1.82) is 0 Å². The fourth-order valence-electron chi connectivity index (χ4n) is 0.863. The molecule has 0 aliphatic rings. The molecule has 0 fully saturated rings. The topological polar surface area (TPSA) is 182 Å². The summed E-state index contributed by atoms with van der Waals surface area (Å²) in [7, 11) is 0. The van der Waals surface area contributed by atoms with Gasteiger partial charge in [-0.3, -0.25) is 0 Å². The lowest BCUT2D eigenvalue weighted by Crippen LogP contribution is -2.42. The fourth-order valence-corrected chi connectivity index (χ4v) is 0.863. The summed E-state index contributed by atoms with van der Waals surface area (Å²) in [5, 5.41) is 29.0. The van der Waals surface area contributed by atoms with E-state index in [2.05, 4.69) is 40.6 Å². The van der Waals surface area contributed by atoms with Gasteiger partial charge in [-0.25, -0.2) is 21.2 Å². The van der Waals surface area contributed by atoms with Crippen molar-refractivity contribution in [3.8, 4) is 11.5 Å². The third-order valence-electron chi connectivity index (χ3n) is 1.39. The Hall–Kier alpha value is -2.60. The highest BCUT2D eigenvalue weighted by molar-refractivity contribution is 5.43. The fraction of sp³-hybridized carbons (Fsp3) is 0.200. The average Bonchev–Trinajstić information content (AvgIpc) is 2.89. The second kappa shape index (κ2) is 5.47. The molecule has 2 heterocycles. The zero-order valence-corrected chi connectivity index (χ0v) is 8.47. The van der Waals surface area contributed by atoms with E-state index in [1.54, 1.807) is 6.92 Å². The Labute approximate surface area is 91.8 Å². The van der Waals surface area contributed by atoms with Gasteiger partial charge in [-0.1, -0.05) is 10.3 Å². The van der Waals surface area contributed by atoms with Gasteiger partial charge < -0.3 is 9.15 Å². The van der Waals surface area contributed by atoms with E-state index in [9.17, 15) is 10.1 Å². The molecule has 0 atom stereocenters. The van der Waals surface area contributed by atoms with Gasteiger partial charge in [-0.15, -0.1) is 0 Å². The number of aromatic nitrogens is 4. The molecule has 12 heteroatoms. The highest BCUT2D eigenvalue weighted by Gasteiger charge is 2.08. The third kappa shape index (κ3) is 2.93. The summed E-state index contributed by atoms with van der Waals surface area (Å²) in [5.41, 5.74) is -0.343.